The highest BCUT2D eigenvalue weighted by molar-refractivity contribution is 4.97. The van der Waals surface area contributed by atoms with Crippen LogP contribution in [0.2, 0.25) is 0 Å². The largest absolute Gasteiger partial charge is 0.0654 e. The van der Waals surface area contributed by atoms with Crippen LogP contribution >= 0.6 is 0 Å². The van der Waals surface area contributed by atoms with E-state index in [1.807, 2.05) is 0 Å². The van der Waals surface area contributed by atoms with Crippen LogP contribution in [0.3, 0.4) is 0 Å². The van der Waals surface area contributed by atoms with E-state index < -0.39 is 0 Å². The average Bonchev–Trinajstić information content (AvgIpc) is 2.82. The molecule has 0 radical (unpaired) electrons. The van der Waals surface area contributed by atoms with Crippen molar-refractivity contribution in [3.05, 3.63) is 0 Å². The van der Waals surface area contributed by atoms with E-state index in [1.165, 1.54) is 57.8 Å². The van der Waals surface area contributed by atoms with Gasteiger partial charge in [0.1, 0.15) is 0 Å². The third-order valence-electron chi connectivity index (χ3n) is 4.05. The Morgan fingerprint density at radius 2 is 1.71 bits per heavy atom. The van der Waals surface area contributed by atoms with Crippen LogP contribution in [0.1, 0.15) is 78.6 Å². The molecule has 0 bridgehead atoms. The van der Waals surface area contributed by atoms with Crippen molar-refractivity contribution in [1.82, 2.24) is 0 Å². The molecule has 1 aliphatic rings. The maximum absolute atomic E-state index is 2.51. The second-order valence-corrected chi connectivity index (χ2v) is 5.51. The molecule has 2 atom stereocenters. The van der Waals surface area contributed by atoms with Crippen LogP contribution in [0.5, 0.6) is 0 Å². The molecular weight excluding hydrogens is 168 g/mol. The van der Waals surface area contributed by atoms with E-state index in [4.69, 9.17) is 0 Å². The lowest BCUT2D eigenvalue weighted by atomic mass is 9.96. The van der Waals surface area contributed by atoms with Crippen molar-refractivity contribution in [1.29, 1.82) is 0 Å². The lowest BCUT2D eigenvalue weighted by Crippen LogP contribution is -1.98. The molecule has 0 aliphatic heterocycles. The van der Waals surface area contributed by atoms with E-state index >= 15 is 0 Å². The summed E-state index contributed by atoms with van der Waals surface area (Å²) >= 11 is 0. The Labute approximate surface area is 90.5 Å². The standard InChI is InChI=1S/C14H28/c1-4-6-8-9-10-13-12-14(13,3)11-7-5-2/h13H,4-12H2,1-3H3/t13?,14-/m1/s1. The summed E-state index contributed by atoms with van der Waals surface area (Å²) in [6.45, 7) is 7.11. The third kappa shape index (κ3) is 3.63. The van der Waals surface area contributed by atoms with Crippen LogP contribution < -0.4 is 0 Å². The van der Waals surface area contributed by atoms with Crippen LogP contribution in [0, 0.1) is 11.3 Å². The Morgan fingerprint density at radius 3 is 2.36 bits per heavy atom. The van der Waals surface area contributed by atoms with E-state index in [-0.39, 0.29) is 0 Å². The second kappa shape index (κ2) is 5.78. The van der Waals surface area contributed by atoms with Crippen molar-refractivity contribution >= 4 is 0 Å². The smallest absolute Gasteiger partial charge is 0.0294 e. The number of hydrogen-bond acceptors (Lipinski definition) is 0. The SMILES string of the molecule is CCCCCCC1C[C@@]1(C)CCCC. The topological polar surface area (TPSA) is 0 Å². The van der Waals surface area contributed by atoms with E-state index in [0.29, 0.717) is 0 Å². The monoisotopic (exact) mass is 196 g/mol. The first kappa shape index (κ1) is 12.1. The van der Waals surface area contributed by atoms with Gasteiger partial charge in [0, 0.05) is 0 Å². The molecule has 0 nitrogen and oxygen atoms in total. The molecule has 1 fully saturated rings. The fraction of sp³-hybridized carbons (Fsp3) is 1.00. The fourth-order valence-corrected chi connectivity index (χ4v) is 2.66. The summed E-state index contributed by atoms with van der Waals surface area (Å²) in [6.07, 6.45) is 13.1. The molecule has 1 unspecified atom stereocenters. The minimum absolute atomic E-state index is 0.766. The van der Waals surface area contributed by atoms with Crippen molar-refractivity contribution in [3.8, 4) is 0 Å². The Balaban J connectivity index is 2.00. The van der Waals surface area contributed by atoms with Gasteiger partial charge in [-0.25, -0.2) is 0 Å². The van der Waals surface area contributed by atoms with Gasteiger partial charge in [-0.3, -0.25) is 0 Å². The molecule has 0 aromatic rings. The van der Waals surface area contributed by atoms with Crippen molar-refractivity contribution in [2.24, 2.45) is 11.3 Å². The van der Waals surface area contributed by atoms with Gasteiger partial charge in [0.2, 0.25) is 0 Å². The third-order valence-corrected chi connectivity index (χ3v) is 4.05. The van der Waals surface area contributed by atoms with Crippen LogP contribution in [0.15, 0.2) is 0 Å². The molecule has 0 heteroatoms. The molecule has 0 aromatic heterocycles. The predicted octanol–water partition coefficient (Wildman–Crippen LogP) is 5.17. The normalized spacial score (nSPS) is 30.6. The number of rotatable bonds is 8. The molecule has 0 saturated heterocycles. The number of hydrogen-bond donors (Lipinski definition) is 0. The van der Waals surface area contributed by atoms with Crippen LogP contribution in [-0.2, 0) is 0 Å². The highest BCUT2D eigenvalue weighted by Crippen LogP contribution is 2.57. The quantitative estimate of drug-likeness (QED) is 0.470. The first-order valence-corrected chi connectivity index (χ1v) is 6.73. The summed E-state index contributed by atoms with van der Waals surface area (Å²) < 4.78 is 0. The summed E-state index contributed by atoms with van der Waals surface area (Å²) in [5.41, 5.74) is 0.766. The number of unbranched alkanes of at least 4 members (excludes halogenated alkanes) is 4. The van der Waals surface area contributed by atoms with Gasteiger partial charge in [-0.15, -0.1) is 0 Å². The Kier molecular flexibility index (Phi) is 4.98. The van der Waals surface area contributed by atoms with Crippen LogP contribution in [0.25, 0.3) is 0 Å². The lowest BCUT2D eigenvalue weighted by molar-refractivity contribution is 0.420. The molecule has 1 rings (SSSR count). The molecular formula is C14H28. The molecule has 0 spiro atoms. The van der Waals surface area contributed by atoms with Gasteiger partial charge in [-0.05, 0) is 30.6 Å². The zero-order chi connectivity index (χ0) is 10.4. The second-order valence-electron chi connectivity index (χ2n) is 5.51. The van der Waals surface area contributed by atoms with Gasteiger partial charge < -0.3 is 0 Å². The molecule has 14 heavy (non-hydrogen) atoms. The van der Waals surface area contributed by atoms with Crippen LogP contribution in [-0.4, -0.2) is 0 Å². The average molecular weight is 196 g/mol. The van der Waals surface area contributed by atoms with Crippen LogP contribution in [0.4, 0.5) is 0 Å². The lowest BCUT2D eigenvalue weighted by Gasteiger charge is -2.09. The molecule has 0 heterocycles. The maximum atomic E-state index is 2.51. The highest BCUT2D eigenvalue weighted by Gasteiger charge is 2.47. The zero-order valence-electron chi connectivity index (χ0n) is 10.4. The van der Waals surface area contributed by atoms with E-state index in [2.05, 4.69) is 20.8 Å². The summed E-state index contributed by atoms with van der Waals surface area (Å²) in [4.78, 5) is 0. The van der Waals surface area contributed by atoms with E-state index in [9.17, 15) is 0 Å². The Morgan fingerprint density at radius 1 is 1.00 bits per heavy atom. The molecule has 1 saturated carbocycles. The van der Waals surface area contributed by atoms with Crippen molar-refractivity contribution < 1.29 is 0 Å². The molecule has 0 aromatic carbocycles. The first-order chi connectivity index (χ1) is 6.73. The summed E-state index contributed by atoms with van der Waals surface area (Å²) in [5.74, 6) is 1.09. The maximum Gasteiger partial charge on any atom is -0.0294 e. The minimum Gasteiger partial charge on any atom is -0.0654 e. The Bertz CT molecular complexity index is 150. The minimum atomic E-state index is 0.766. The van der Waals surface area contributed by atoms with Gasteiger partial charge in [-0.1, -0.05) is 59.3 Å². The first-order valence-electron chi connectivity index (χ1n) is 6.73. The summed E-state index contributed by atoms with van der Waals surface area (Å²) in [7, 11) is 0. The zero-order valence-corrected chi connectivity index (χ0v) is 10.4. The molecule has 84 valence electrons. The van der Waals surface area contributed by atoms with E-state index in [0.717, 1.165) is 11.3 Å². The molecule has 0 N–H and O–H groups in total. The van der Waals surface area contributed by atoms with Gasteiger partial charge >= 0.3 is 0 Å². The predicted molar refractivity (Wildman–Crippen MR) is 64.5 cm³/mol. The van der Waals surface area contributed by atoms with Gasteiger partial charge in [0.15, 0.2) is 0 Å². The molecule has 1 aliphatic carbocycles. The highest BCUT2D eigenvalue weighted by atomic mass is 14.5. The van der Waals surface area contributed by atoms with E-state index in [1.54, 1.807) is 0 Å². The van der Waals surface area contributed by atoms with Crippen molar-refractivity contribution in [3.63, 3.8) is 0 Å². The van der Waals surface area contributed by atoms with Gasteiger partial charge in [-0.2, -0.15) is 0 Å². The fourth-order valence-electron chi connectivity index (χ4n) is 2.66. The molecule has 0 amide bonds. The summed E-state index contributed by atoms with van der Waals surface area (Å²) in [5, 5.41) is 0. The Hall–Kier alpha value is 0. The van der Waals surface area contributed by atoms with Gasteiger partial charge in [0.05, 0.1) is 0 Å². The van der Waals surface area contributed by atoms with Gasteiger partial charge in [0.25, 0.3) is 0 Å². The van der Waals surface area contributed by atoms with Crippen molar-refractivity contribution in [2.75, 3.05) is 0 Å². The summed E-state index contributed by atoms with van der Waals surface area (Å²) in [6, 6.07) is 0. The van der Waals surface area contributed by atoms with Crippen molar-refractivity contribution in [2.45, 2.75) is 78.6 Å².